The molecule has 1 N–H and O–H groups in total. The van der Waals surface area contributed by atoms with Crippen LogP contribution in [0.3, 0.4) is 0 Å². The highest BCUT2D eigenvalue weighted by Crippen LogP contribution is 2.45. The number of hydrogen-bond donors (Lipinski definition) is 1. The van der Waals surface area contributed by atoms with Crippen LogP contribution in [0.15, 0.2) is 30.3 Å². The number of hydrogen-bond acceptors (Lipinski definition) is 3. The maximum Gasteiger partial charge on any atom is 0.270 e. The van der Waals surface area contributed by atoms with Crippen LogP contribution in [0.5, 0.6) is 11.5 Å². The van der Waals surface area contributed by atoms with Gasteiger partial charge in [-0.1, -0.05) is 30.3 Å². The second-order valence-corrected chi connectivity index (χ2v) is 5.51. The van der Waals surface area contributed by atoms with E-state index in [2.05, 4.69) is 5.32 Å². The minimum absolute atomic E-state index is 0.160. The zero-order valence-corrected chi connectivity index (χ0v) is 13.2. The van der Waals surface area contributed by atoms with Crippen molar-refractivity contribution >= 4 is 11.6 Å². The lowest BCUT2D eigenvalue weighted by Crippen LogP contribution is -2.31. The Morgan fingerprint density at radius 3 is 2.36 bits per heavy atom. The Morgan fingerprint density at radius 2 is 1.73 bits per heavy atom. The number of nitrogens with one attached hydrogen (secondary N) is 1. The van der Waals surface area contributed by atoms with Gasteiger partial charge in [-0.05, 0) is 31.9 Å². The molecule has 1 atom stereocenters. The predicted molar refractivity (Wildman–Crippen MR) is 85.6 cm³/mol. The third-order valence-corrected chi connectivity index (χ3v) is 4.21. The van der Waals surface area contributed by atoms with Gasteiger partial charge in [-0.15, -0.1) is 0 Å². The summed E-state index contributed by atoms with van der Waals surface area (Å²) in [5, 5.41) is 2.98. The monoisotopic (exact) mass is 297 g/mol. The van der Waals surface area contributed by atoms with Gasteiger partial charge in [0.1, 0.15) is 11.5 Å². The molecule has 1 aliphatic heterocycles. The molecule has 3 rings (SSSR count). The van der Waals surface area contributed by atoms with E-state index >= 15 is 0 Å². The molecule has 2 aromatic rings. The summed E-state index contributed by atoms with van der Waals surface area (Å²) in [6.45, 7) is 5.91. The Bertz CT molecular complexity index is 738. The molecule has 0 aromatic heterocycles. The molecule has 4 nitrogen and oxygen atoms in total. The standard InChI is InChI=1S/C18H19NO3/c1-10-11(2)16-14(12(3)15(10)21-4)19-18(20)17(22-16)13-8-6-5-7-9-13/h5-9,17H,1-4H3,(H,19,20). The summed E-state index contributed by atoms with van der Waals surface area (Å²) in [4.78, 5) is 12.4. The first-order valence-corrected chi connectivity index (χ1v) is 7.24. The van der Waals surface area contributed by atoms with Gasteiger partial charge < -0.3 is 14.8 Å². The number of methoxy groups -OCH3 is 1. The minimum atomic E-state index is -0.625. The second kappa shape index (κ2) is 5.37. The zero-order valence-electron chi connectivity index (χ0n) is 13.2. The van der Waals surface area contributed by atoms with Gasteiger partial charge in [0.2, 0.25) is 6.10 Å². The maximum atomic E-state index is 12.4. The molecule has 1 unspecified atom stereocenters. The number of ether oxygens (including phenoxy) is 2. The van der Waals surface area contributed by atoms with Crippen LogP contribution < -0.4 is 14.8 Å². The zero-order chi connectivity index (χ0) is 15.9. The smallest absolute Gasteiger partial charge is 0.270 e. The van der Waals surface area contributed by atoms with Crippen LogP contribution in [0, 0.1) is 20.8 Å². The average Bonchev–Trinajstić information content (AvgIpc) is 2.54. The third-order valence-electron chi connectivity index (χ3n) is 4.21. The van der Waals surface area contributed by atoms with E-state index in [4.69, 9.17) is 9.47 Å². The highest BCUT2D eigenvalue weighted by atomic mass is 16.5. The highest BCUT2D eigenvalue weighted by molar-refractivity contribution is 6.00. The molecule has 0 saturated carbocycles. The molecule has 114 valence electrons. The van der Waals surface area contributed by atoms with Gasteiger partial charge in [0.25, 0.3) is 5.91 Å². The van der Waals surface area contributed by atoms with E-state index in [9.17, 15) is 4.79 Å². The van der Waals surface area contributed by atoms with Crippen molar-refractivity contribution in [2.24, 2.45) is 0 Å². The molecule has 0 bridgehead atoms. The van der Waals surface area contributed by atoms with Crippen molar-refractivity contribution in [1.29, 1.82) is 0 Å². The molecule has 0 saturated heterocycles. The molecule has 0 spiro atoms. The maximum absolute atomic E-state index is 12.4. The minimum Gasteiger partial charge on any atom is -0.496 e. The fourth-order valence-corrected chi connectivity index (χ4v) is 2.90. The molecule has 1 aliphatic rings. The van der Waals surface area contributed by atoms with Crippen molar-refractivity contribution < 1.29 is 14.3 Å². The average molecular weight is 297 g/mol. The lowest BCUT2D eigenvalue weighted by molar-refractivity contribution is -0.123. The molecule has 1 amide bonds. The Balaban J connectivity index is 2.12. The molecule has 4 heteroatoms. The van der Waals surface area contributed by atoms with Crippen LogP contribution in [-0.4, -0.2) is 13.0 Å². The summed E-state index contributed by atoms with van der Waals surface area (Å²) in [6.07, 6.45) is -0.625. The molecule has 0 fully saturated rings. The number of fused-ring (bicyclic) bond motifs is 1. The van der Waals surface area contributed by atoms with E-state index in [-0.39, 0.29) is 5.91 Å². The first kappa shape index (κ1) is 14.4. The van der Waals surface area contributed by atoms with E-state index in [1.165, 1.54) is 0 Å². The number of benzene rings is 2. The predicted octanol–water partition coefficient (Wildman–Crippen LogP) is 3.69. The molecule has 0 radical (unpaired) electrons. The van der Waals surface area contributed by atoms with Gasteiger partial charge in [-0.2, -0.15) is 0 Å². The Hall–Kier alpha value is -2.49. The molecule has 2 aromatic carbocycles. The second-order valence-electron chi connectivity index (χ2n) is 5.51. The Kier molecular flexibility index (Phi) is 3.53. The first-order valence-electron chi connectivity index (χ1n) is 7.24. The Morgan fingerprint density at radius 1 is 1.05 bits per heavy atom. The fourth-order valence-electron chi connectivity index (χ4n) is 2.90. The number of carbonyl (C=O) groups is 1. The van der Waals surface area contributed by atoms with E-state index < -0.39 is 6.10 Å². The van der Waals surface area contributed by atoms with Crippen LogP contribution in [0.1, 0.15) is 28.4 Å². The summed E-state index contributed by atoms with van der Waals surface area (Å²) in [6, 6.07) is 9.52. The van der Waals surface area contributed by atoms with Gasteiger partial charge >= 0.3 is 0 Å². The van der Waals surface area contributed by atoms with E-state index in [0.717, 1.165) is 33.8 Å². The first-order chi connectivity index (χ1) is 10.5. The number of carbonyl (C=O) groups excluding carboxylic acids is 1. The quantitative estimate of drug-likeness (QED) is 0.919. The van der Waals surface area contributed by atoms with Crippen LogP contribution in [0.25, 0.3) is 0 Å². The molecular weight excluding hydrogens is 278 g/mol. The van der Waals surface area contributed by atoms with Gasteiger partial charge in [-0.3, -0.25) is 4.79 Å². The summed E-state index contributed by atoms with van der Waals surface area (Å²) < 4.78 is 11.5. The number of rotatable bonds is 2. The van der Waals surface area contributed by atoms with Crippen molar-refractivity contribution in [3.63, 3.8) is 0 Å². The van der Waals surface area contributed by atoms with Gasteiger partial charge in [0, 0.05) is 11.1 Å². The normalized spacial score (nSPS) is 16.5. The van der Waals surface area contributed by atoms with Gasteiger partial charge in [0.05, 0.1) is 12.8 Å². The SMILES string of the molecule is COc1c(C)c(C)c2c(c1C)NC(=O)C(c1ccccc1)O2. The summed E-state index contributed by atoms with van der Waals surface area (Å²) >= 11 is 0. The topological polar surface area (TPSA) is 47.6 Å². The number of anilines is 1. The lowest BCUT2D eigenvalue weighted by Gasteiger charge is -2.30. The third kappa shape index (κ3) is 2.11. The lowest BCUT2D eigenvalue weighted by atomic mass is 9.98. The van der Waals surface area contributed by atoms with Crippen LogP contribution >= 0.6 is 0 Å². The van der Waals surface area contributed by atoms with E-state index in [1.54, 1.807) is 7.11 Å². The molecule has 1 heterocycles. The van der Waals surface area contributed by atoms with Gasteiger partial charge in [-0.25, -0.2) is 0 Å². The summed E-state index contributed by atoms with van der Waals surface area (Å²) in [5.74, 6) is 1.36. The Labute approximate surface area is 130 Å². The van der Waals surface area contributed by atoms with E-state index in [0.29, 0.717) is 5.69 Å². The highest BCUT2D eigenvalue weighted by Gasteiger charge is 2.33. The molecule has 22 heavy (non-hydrogen) atoms. The number of amides is 1. The van der Waals surface area contributed by atoms with Crippen molar-refractivity contribution in [2.75, 3.05) is 12.4 Å². The largest absolute Gasteiger partial charge is 0.496 e. The summed E-state index contributed by atoms with van der Waals surface area (Å²) in [5.41, 5.74) is 4.45. The van der Waals surface area contributed by atoms with Crippen LogP contribution in [0.4, 0.5) is 5.69 Å². The molecule has 0 aliphatic carbocycles. The van der Waals surface area contributed by atoms with Crippen molar-refractivity contribution in [1.82, 2.24) is 0 Å². The van der Waals surface area contributed by atoms with Crippen molar-refractivity contribution in [2.45, 2.75) is 26.9 Å². The van der Waals surface area contributed by atoms with Crippen LogP contribution in [0.2, 0.25) is 0 Å². The van der Waals surface area contributed by atoms with Gasteiger partial charge in [0.15, 0.2) is 0 Å². The van der Waals surface area contributed by atoms with Crippen molar-refractivity contribution in [3.05, 3.63) is 52.6 Å². The molecular formula is C18H19NO3. The van der Waals surface area contributed by atoms with Crippen molar-refractivity contribution in [3.8, 4) is 11.5 Å². The van der Waals surface area contributed by atoms with E-state index in [1.807, 2.05) is 51.1 Å². The van der Waals surface area contributed by atoms with Crippen LogP contribution in [-0.2, 0) is 4.79 Å². The summed E-state index contributed by atoms with van der Waals surface area (Å²) in [7, 11) is 1.64. The fraction of sp³-hybridized carbons (Fsp3) is 0.278.